The minimum Gasteiger partial charge on any atom is -0.322 e. The number of hydrogen-bond acceptors (Lipinski definition) is 2. The summed E-state index contributed by atoms with van der Waals surface area (Å²) in [6.07, 6.45) is -3.61. The van der Waals surface area contributed by atoms with E-state index in [0.717, 1.165) is 12.5 Å². The lowest BCUT2D eigenvalue weighted by Crippen LogP contribution is -2.23. The fourth-order valence-electron chi connectivity index (χ4n) is 2.73. The summed E-state index contributed by atoms with van der Waals surface area (Å²) in [5, 5.41) is 2.45. The molecule has 136 valence electrons. The van der Waals surface area contributed by atoms with Crippen LogP contribution >= 0.6 is 0 Å². The molecular weight excluding hydrogens is 352 g/mol. The second kappa shape index (κ2) is 6.78. The average molecular weight is 366 g/mol. The maximum absolute atomic E-state index is 13.3. The summed E-state index contributed by atoms with van der Waals surface area (Å²) >= 11 is 0. The van der Waals surface area contributed by atoms with Crippen molar-refractivity contribution in [3.63, 3.8) is 0 Å². The van der Waals surface area contributed by atoms with Gasteiger partial charge in [-0.2, -0.15) is 13.2 Å². The highest BCUT2D eigenvalue weighted by Gasteiger charge is 2.34. The van der Waals surface area contributed by atoms with Crippen molar-refractivity contribution >= 4 is 23.2 Å². The SMILES string of the molecule is O=C(Nc1ccc(N2CCCC2=O)cc1)c1ccc(F)c(C(F)(F)F)c1. The summed E-state index contributed by atoms with van der Waals surface area (Å²) in [7, 11) is 0. The van der Waals surface area contributed by atoms with Crippen LogP contribution in [0, 0.1) is 5.82 Å². The van der Waals surface area contributed by atoms with Crippen LogP contribution < -0.4 is 10.2 Å². The van der Waals surface area contributed by atoms with Crippen molar-refractivity contribution in [2.75, 3.05) is 16.8 Å². The molecule has 2 aromatic carbocycles. The Hall–Kier alpha value is -2.90. The van der Waals surface area contributed by atoms with Crippen molar-refractivity contribution in [2.24, 2.45) is 0 Å². The summed E-state index contributed by atoms with van der Waals surface area (Å²) in [6.45, 7) is 0.625. The largest absolute Gasteiger partial charge is 0.419 e. The summed E-state index contributed by atoms with van der Waals surface area (Å²) in [6, 6.07) is 8.45. The lowest BCUT2D eigenvalue weighted by molar-refractivity contribution is -0.140. The molecule has 1 aliphatic rings. The van der Waals surface area contributed by atoms with Crippen LogP contribution in [0.5, 0.6) is 0 Å². The third-order valence-corrected chi connectivity index (χ3v) is 4.04. The van der Waals surface area contributed by atoms with Crippen molar-refractivity contribution < 1.29 is 27.2 Å². The standard InChI is InChI=1S/C18H14F4N2O2/c19-15-8-3-11(10-14(15)18(20,21)22)17(26)23-12-4-6-13(7-5-12)24-9-1-2-16(24)25/h3-8,10H,1-2,9H2,(H,23,26). The van der Waals surface area contributed by atoms with Gasteiger partial charge in [0.05, 0.1) is 5.56 Å². The van der Waals surface area contributed by atoms with Crippen LogP contribution in [0.15, 0.2) is 42.5 Å². The van der Waals surface area contributed by atoms with Gasteiger partial charge >= 0.3 is 6.18 Å². The Bertz CT molecular complexity index is 847. The molecule has 0 aliphatic carbocycles. The van der Waals surface area contributed by atoms with Gasteiger partial charge in [-0.3, -0.25) is 9.59 Å². The molecule has 1 aliphatic heterocycles. The normalized spacial score (nSPS) is 14.6. The number of anilines is 2. The molecule has 0 radical (unpaired) electrons. The molecule has 26 heavy (non-hydrogen) atoms. The molecule has 0 unspecified atom stereocenters. The molecule has 0 atom stereocenters. The van der Waals surface area contributed by atoms with Gasteiger partial charge in [0.1, 0.15) is 5.82 Å². The number of alkyl halides is 3. The predicted octanol–water partition coefficient (Wildman–Crippen LogP) is 4.22. The van der Waals surface area contributed by atoms with E-state index < -0.39 is 23.5 Å². The Morgan fingerprint density at radius 2 is 1.77 bits per heavy atom. The highest BCUT2D eigenvalue weighted by atomic mass is 19.4. The third kappa shape index (κ3) is 3.68. The first-order chi connectivity index (χ1) is 12.3. The Morgan fingerprint density at radius 1 is 1.08 bits per heavy atom. The summed E-state index contributed by atoms with van der Waals surface area (Å²) in [5.41, 5.74) is -0.763. The zero-order valence-electron chi connectivity index (χ0n) is 13.4. The molecule has 4 nitrogen and oxygen atoms in total. The molecule has 1 N–H and O–H groups in total. The van der Waals surface area contributed by atoms with E-state index in [1.54, 1.807) is 29.2 Å². The smallest absolute Gasteiger partial charge is 0.322 e. The lowest BCUT2D eigenvalue weighted by atomic mass is 10.1. The van der Waals surface area contributed by atoms with E-state index in [1.807, 2.05) is 0 Å². The average Bonchev–Trinajstić information content (AvgIpc) is 3.01. The van der Waals surface area contributed by atoms with E-state index in [4.69, 9.17) is 0 Å². The third-order valence-electron chi connectivity index (χ3n) is 4.04. The monoisotopic (exact) mass is 366 g/mol. The van der Waals surface area contributed by atoms with E-state index in [-0.39, 0.29) is 11.5 Å². The number of rotatable bonds is 3. The first-order valence-corrected chi connectivity index (χ1v) is 7.84. The number of amides is 2. The van der Waals surface area contributed by atoms with Crippen LogP contribution in [-0.4, -0.2) is 18.4 Å². The van der Waals surface area contributed by atoms with E-state index in [1.165, 1.54) is 0 Å². The van der Waals surface area contributed by atoms with Crippen molar-refractivity contribution in [2.45, 2.75) is 19.0 Å². The van der Waals surface area contributed by atoms with E-state index >= 15 is 0 Å². The van der Waals surface area contributed by atoms with Gasteiger partial charge in [-0.05, 0) is 48.9 Å². The number of benzene rings is 2. The molecule has 0 saturated carbocycles. The van der Waals surface area contributed by atoms with Crippen molar-refractivity contribution in [1.29, 1.82) is 0 Å². The van der Waals surface area contributed by atoms with Crippen molar-refractivity contribution in [3.8, 4) is 0 Å². The van der Waals surface area contributed by atoms with E-state index in [2.05, 4.69) is 5.32 Å². The molecule has 0 spiro atoms. The summed E-state index contributed by atoms with van der Waals surface area (Å²) in [5.74, 6) is -2.21. The second-order valence-corrected chi connectivity index (χ2v) is 5.84. The topological polar surface area (TPSA) is 49.4 Å². The number of halogens is 4. The molecule has 1 fully saturated rings. The Kier molecular flexibility index (Phi) is 4.67. The van der Waals surface area contributed by atoms with Gasteiger partial charge in [-0.25, -0.2) is 4.39 Å². The number of nitrogens with one attached hydrogen (secondary N) is 1. The fourth-order valence-corrected chi connectivity index (χ4v) is 2.73. The molecule has 3 rings (SSSR count). The lowest BCUT2D eigenvalue weighted by Gasteiger charge is -2.16. The Morgan fingerprint density at radius 3 is 2.35 bits per heavy atom. The van der Waals surface area contributed by atoms with Gasteiger partial charge in [0.2, 0.25) is 5.91 Å². The number of nitrogens with zero attached hydrogens (tertiary/aromatic N) is 1. The number of hydrogen-bond donors (Lipinski definition) is 1. The van der Waals surface area contributed by atoms with E-state index in [0.29, 0.717) is 36.5 Å². The van der Waals surface area contributed by atoms with Crippen LogP contribution in [0.1, 0.15) is 28.8 Å². The van der Waals surface area contributed by atoms with Crippen LogP contribution in [0.25, 0.3) is 0 Å². The van der Waals surface area contributed by atoms with Gasteiger partial charge in [-0.1, -0.05) is 0 Å². The van der Waals surface area contributed by atoms with Gasteiger partial charge in [0, 0.05) is 29.9 Å². The molecule has 1 heterocycles. The van der Waals surface area contributed by atoms with Crippen LogP contribution in [0.2, 0.25) is 0 Å². The first kappa shape index (κ1) is 17.9. The second-order valence-electron chi connectivity index (χ2n) is 5.84. The number of carbonyl (C=O) groups excluding carboxylic acids is 2. The first-order valence-electron chi connectivity index (χ1n) is 7.84. The highest BCUT2D eigenvalue weighted by molar-refractivity contribution is 6.04. The van der Waals surface area contributed by atoms with Crippen LogP contribution in [0.3, 0.4) is 0 Å². The minimum absolute atomic E-state index is 0.0211. The Balaban J connectivity index is 1.75. The Labute approximate surface area is 146 Å². The van der Waals surface area contributed by atoms with Gasteiger partial charge in [0.15, 0.2) is 0 Å². The maximum Gasteiger partial charge on any atom is 0.419 e. The fraction of sp³-hybridized carbons (Fsp3) is 0.222. The molecule has 0 aromatic heterocycles. The van der Waals surface area contributed by atoms with Crippen LogP contribution in [0.4, 0.5) is 28.9 Å². The zero-order chi connectivity index (χ0) is 18.9. The van der Waals surface area contributed by atoms with Crippen LogP contribution in [-0.2, 0) is 11.0 Å². The van der Waals surface area contributed by atoms with E-state index in [9.17, 15) is 27.2 Å². The summed E-state index contributed by atoms with van der Waals surface area (Å²) < 4.78 is 51.5. The minimum atomic E-state index is -4.88. The molecule has 0 bridgehead atoms. The molecule has 2 amide bonds. The molecule has 8 heteroatoms. The summed E-state index contributed by atoms with van der Waals surface area (Å²) in [4.78, 5) is 25.5. The van der Waals surface area contributed by atoms with Gasteiger partial charge < -0.3 is 10.2 Å². The van der Waals surface area contributed by atoms with Crippen molar-refractivity contribution in [1.82, 2.24) is 0 Å². The molecule has 2 aromatic rings. The number of carbonyl (C=O) groups is 2. The molecular formula is C18H14F4N2O2. The van der Waals surface area contributed by atoms with Crippen molar-refractivity contribution in [3.05, 3.63) is 59.4 Å². The zero-order valence-corrected chi connectivity index (χ0v) is 13.4. The highest BCUT2D eigenvalue weighted by Crippen LogP contribution is 2.32. The molecule has 1 saturated heterocycles. The van der Waals surface area contributed by atoms with Gasteiger partial charge in [0.25, 0.3) is 5.91 Å². The quantitative estimate of drug-likeness (QED) is 0.827. The maximum atomic E-state index is 13.3. The van der Waals surface area contributed by atoms with Gasteiger partial charge in [-0.15, -0.1) is 0 Å². The predicted molar refractivity (Wildman–Crippen MR) is 87.4 cm³/mol.